The molecule has 160 valence electrons. The smallest absolute Gasteiger partial charge is 0.254 e. The van der Waals surface area contributed by atoms with Gasteiger partial charge < -0.3 is 10.6 Å². The first kappa shape index (κ1) is 22.8. The third-order valence-electron chi connectivity index (χ3n) is 5.37. The molecule has 2 aromatic rings. The second kappa shape index (κ2) is 9.85. The van der Waals surface area contributed by atoms with Crippen molar-refractivity contribution in [2.45, 2.75) is 67.2 Å². The van der Waals surface area contributed by atoms with Gasteiger partial charge in [-0.1, -0.05) is 27.7 Å². The summed E-state index contributed by atoms with van der Waals surface area (Å²) < 4.78 is 1.64. The van der Waals surface area contributed by atoms with Crippen LogP contribution < -0.4 is 5.73 Å². The van der Waals surface area contributed by atoms with E-state index in [0.29, 0.717) is 35.9 Å². The molecule has 2 heterocycles. The van der Waals surface area contributed by atoms with E-state index in [9.17, 15) is 9.59 Å². The number of hydrogen-bond donors (Lipinski definition) is 1. The predicted octanol–water partition coefficient (Wildman–Crippen LogP) is 3.30. The summed E-state index contributed by atoms with van der Waals surface area (Å²) in [5, 5.41) is 4.26. The van der Waals surface area contributed by atoms with Gasteiger partial charge in [0.2, 0.25) is 5.91 Å². The van der Waals surface area contributed by atoms with Gasteiger partial charge in [0.15, 0.2) is 5.65 Å². The van der Waals surface area contributed by atoms with Crippen molar-refractivity contribution in [3.63, 3.8) is 0 Å². The molecule has 0 bridgehead atoms. The van der Waals surface area contributed by atoms with Crippen molar-refractivity contribution in [3.8, 4) is 0 Å². The molecule has 2 amide bonds. The van der Waals surface area contributed by atoms with Crippen molar-refractivity contribution in [2.24, 2.45) is 17.6 Å². The monoisotopic (exact) mass is 401 g/mol. The van der Waals surface area contributed by atoms with Crippen LogP contribution in [0.3, 0.4) is 0 Å². The number of nitrogens with zero attached hydrogens (tertiary/aromatic N) is 4. The minimum Gasteiger partial charge on any atom is -0.365 e. The Hall–Kier alpha value is -2.44. The summed E-state index contributed by atoms with van der Waals surface area (Å²) in [5.74, 6) is 0.781. The van der Waals surface area contributed by atoms with Gasteiger partial charge in [0.05, 0.1) is 6.20 Å². The highest BCUT2D eigenvalue weighted by Gasteiger charge is 2.19. The summed E-state index contributed by atoms with van der Waals surface area (Å²) in [6.07, 6.45) is 4.52. The maximum absolute atomic E-state index is 12.9. The summed E-state index contributed by atoms with van der Waals surface area (Å²) in [5.41, 5.74) is 8.89. The van der Waals surface area contributed by atoms with Crippen LogP contribution in [0.1, 0.15) is 74.3 Å². The molecule has 0 aromatic carbocycles. The Bertz CT molecular complexity index is 858. The average molecular weight is 402 g/mol. The number of carbonyl (C=O) groups excluding carboxylic acids is 2. The van der Waals surface area contributed by atoms with Gasteiger partial charge in [-0.15, -0.1) is 0 Å². The van der Waals surface area contributed by atoms with Crippen molar-refractivity contribution < 1.29 is 9.59 Å². The third kappa shape index (κ3) is 5.78. The van der Waals surface area contributed by atoms with Gasteiger partial charge in [0.1, 0.15) is 5.56 Å². The highest BCUT2D eigenvalue weighted by Crippen LogP contribution is 2.19. The highest BCUT2D eigenvalue weighted by atomic mass is 16.2. The molecule has 0 saturated carbocycles. The van der Waals surface area contributed by atoms with Crippen LogP contribution in [0.5, 0.6) is 0 Å². The number of hydrogen-bond acceptors (Lipinski definition) is 4. The Morgan fingerprint density at radius 3 is 2.21 bits per heavy atom. The Labute approximate surface area is 173 Å². The number of amides is 2. The highest BCUT2D eigenvalue weighted by molar-refractivity contribution is 5.98. The summed E-state index contributed by atoms with van der Waals surface area (Å²) in [6, 6.07) is 0. The van der Waals surface area contributed by atoms with Crippen molar-refractivity contribution in [2.75, 3.05) is 13.1 Å². The van der Waals surface area contributed by atoms with Crippen LogP contribution in [0.4, 0.5) is 0 Å². The molecule has 0 aliphatic carbocycles. The Morgan fingerprint density at radius 1 is 1.10 bits per heavy atom. The SMILES string of the molecule is Cc1nc2c(C(N)=O)cnn2c(C)c1CCC(=O)N(CCC(C)C)CCC(C)C. The number of aryl methyl sites for hydroxylation is 2. The van der Waals surface area contributed by atoms with Crippen LogP contribution in [0.15, 0.2) is 6.20 Å². The lowest BCUT2D eigenvalue weighted by Crippen LogP contribution is -2.34. The van der Waals surface area contributed by atoms with Gasteiger partial charge in [0.25, 0.3) is 5.91 Å². The molecule has 2 N–H and O–H groups in total. The quantitative estimate of drug-likeness (QED) is 0.661. The minimum absolute atomic E-state index is 0.184. The van der Waals surface area contributed by atoms with Gasteiger partial charge in [-0.2, -0.15) is 5.10 Å². The van der Waals surface area contributed by atoms with Gasteiger partial charge >= 0.3 is 0 Å². The molecule has 0 spiro atoms. The lowest BCUT2D eigenvalue weighted by molar-refractivity contribution is -0.131. The van der Waals surface area contributed by atoms with Crippen LogP contribution in [0, 0.1) is 25.7 Å². The van der Waals surface area contributed by atoms with Gasteiger partial charge in [-0.25, -0.2) is 9.50 Å². The maximum Gasteiger partial charge on any atom is 0.254 e. The lowest BCUT2D eigenvalue weighted by Gasteiger charge is -2.25. The van der Waals surface area contributed by atoms with Crippen LogP contribution in [0.25, 0.3) is 5.65 Å². The zero-order chi connectivity index (χ0) is 21.7. The fourth-order valence-electron chi connectivity index (χ4n) is 3.43. The Balaban J connectivity index is 2.16. The molecule has 0 aliphatic heterocycles. The van der Waals surface area contributed by atoms with Gasteiger partial charge in [-0.3, -0.25) is 9.59 Å². The molecule has 0 radical (unpaired) electrons. The fraction of sp³-hybridized carbons (Fsp3) is 0.636. The fourth-order valence-corrected chi connectivity index (χ4v) is 3.43. The van der Waals surface area contributed by atoms with E-state index in [-0.39, 0.29) is 5.91 Å². The first-order chi connectivity index (χ1) is 13.6. The number of fused-ring (bicyclic) bond motifs is 1. The van der Waals surface area contributed by atoms with Crippen LogP contribution in [-0.2, 0) is 11.2 Å². The Kier molecular flexibility index (Phi) is 7.76. The molecular formula is C22H35N5O2. The summed E-state index contributed by atoms with van der Waals surface area (Å²) in [7, 11) is 0. The second-order valence-electron chi connectivity index (χ2n) is 8.66. The molecule has 0 atom stereocenters. The third-order valence-corrected chi connectivity index (χ3v) is 5.37. The van der Waals surface area contributed by atoms with E-state index in [0.717, 1.165) is 42.9 Å². The van der Waals surface area contributed by atoms with Gasteiger partial charge in [-0.05, 0) is 50.5 Å². The van der Waals surface area contributed by atoms with E-state index in [4.69, 9.17) is 5.73 Å². The van der Waals surface area contributed by atoms with Crippen LogP contribution >= 0.6 is 0 Å². The molecule has 29 heavy (non-hydrogen) atoms. The standard InChI is InChI=1S/C22H35N5O2/c1-14(2)9-11-26(12-10-15(3)4)20(28)8-7-18-16(5)25-22-19(21(23)29)13-24-27(22)17(18)6/h13-15H,7-12H2,1-6H3,(H2,23,29). The van der Waals surface area contributed by atoms with Crippen LogP contribution in [-0.4, -0.2) is 44.4 Å². The summed E-state index contributed by atoms with van der Waals surface area (Å²) in [6.45, 7) is 14.2. The molecule has 0 unspecified atom stereocenters. The second-order valence-corrected chi connectivity index (χ2v) is 8.66. The first-order valence-electron chi connectivity index (χ1n) is 10.5. The van der Waals surface area contributed by atoms with E-state index in [1.54, 1.807) is 4.52 Å². The van der Waals surface area contributed by atoms with E-state index in [1.165, 1.54) is 6.20 Å². The number of nitrogens with two attached hydrogens (primary N) is 1. The maximum atomic E-state index is 12.9. The van der Waals surface area contributed by atoms with Crippen molar-refractivity contribution in [1.82, 2.24) is 19.5 Å². The molecule has 0 aliphatic rings. The van der Waals surface area contributed by atoms with E-state index < -0.39 is 5.91 Å². The number of carbonyl (C=O) groups is 2. The Morgan fingerprint density at radius 2 is 1.69 bits per heavy atom. The summed E-state index contributed by atoms with van der Waals surface area (Å²) in [4.78, 5) is 31.1. The molecule has 7 heteroatoms. The summed E-state index contributed by atoms with van der Waals surface area (Å²) >= 11 is 0. The zero-order valence-corrected chi connectivity index (χ0v) is 18.7. The molecule has 0 fully saturated rings. The molecular weight excluding hydrogens is 366 g/mol. The van der Waals surface area contributed by atoms with Crippen molar-refractivity contribution in [3.05, 3.63) is 28.7 Å². The predicted molar refractivity (Wildman–Crippen MR) is 115 cm³/mol. The largest absolute Gasteiger partial charge is 0.365 e. The number of aromatic nitrogens is 3. The number of rotatable bonds is 10. The van der Waals surface area contributed by atoms with Gasteiger partial charge in [0, 0.05) is 30.9 Å². The zero-order valence-electron chi connectivity index (χ0n) is 18.7. The normalized spacial score (nSPS) is 11.6. The average Bonchev–Trinajstić information content (AvgIpc) is 3.05. The molecule has 2 rings (SSSR count). The van der Waals surface area contributed by atoms with E-state index >= 15 is 0 Å². The molecule has 7 nitrogen and oxygen atoms in total. The van der Waals surface area contributed by atoms with E-state index in [1.807, 2.05) is 18.7 Å². The van der Waals surface area contributed by atoms with E-state index in [2.05, 4.69) is 37.8 Å². The molecule has 2 aromatic heterocycles. The first-order valence-corrected chi connectivity index (χ1v) is 10.5. The molecule has 0 saturated heterocycles. The van der Waals surface area contributed by atoms with Crippen molar-refractivity contribution >= 4 is 17.5 Å². The minimum atomic E-state index is -0.542. The number of primary amides is 1. The van der Waals surface area contributed by atoms with Crippen molar-refractivity contribution in [1.29, 1.82) is 0 Å². The topological polar surface area (TPSA) is 93.6 Å². The lowest BCUT2D eigenvalue weighted by atomic mass is 10.0. The van der Waals surface area contributed by atoms with Crippen LogP contribution in [0.2, 0.25) is 0 Å².